The zero-order chi connectivity index (χ0) is 11.6. The minimum absolute atomic E-state index is 0. The second kappa shape index (κ2) is 13.4. The molecule has 0 fully saturated rings. The molecule has 0 unspecified atom stereocenters. The molecule has 0 aliphatic carbocycles. The van der Waals surface area contributed by atoms with Gasteiger partial charge in [0.15, 0.2) is 0 Å². The quantitative estimate of drug-likeness (QED) is 0.260. The third-order valence-corrected chi connectivity index (χ3v) is 4.26. The van der Waals surface area contributed by atoms with E-state index in [0.29, 0.717) is 13.2 Å². The van der Waals surface area contributed by atoms with E-state index in [1.807, 2.05) is 0 Å². The Balaban J connectivity index is 0. The molecule has 0 aliphatic heterocycles. The van der Waals surface area contributed by atoms with E-state index in [-0.39, 0.29) is 29.6 Å². The van der Waals surface area contributed by atoms with E-state index in [4.69, 9.17) is 33.1 Å². The van der Waals surface area contributed by atoms with Crippen molar-refractivity contribution in [3.63, 3.8) is 0 Å². The van der Waals surface area contributed by atoms with Gasteiger partial charge in [-0.05, 0) is 12.8 Å². The second-order valence-corrected chi connectivity index (χ2v) is 8.52. The number of hydrogen-bond donors (Lipinski definition) is 0. The van der Waals surface area contributed by atoms with Gasteiger partial charge in [-0.15, -0.1) is 0 Å². The summed E-state index contributed by atoms with van der Waals surface area (Å²) >= 11 is 10.2. The molecule has 0 aromatic heterocycles. The van der Waals surface area contributed by atoms with E-state index in [1.165, 1.54) is 25.7 Å². The summed E-state index contributed by atoms with van der Waals surface area (Å²) < 4.78 is 10.9. The van der Waals surface area contributed by atoms with Crippen LogP contribution in [-0.4, -0.2) is 13.2 Å². The summed E-state index contributed by atoms with van der Waals surface area (Å²) in [4.78, 5) is 0. The first-order valence-electron chi connectivity index (χ1n) is 5.72. The van der Waals surface area contributed by atoms with E-state index in [2.05, 4.69) is 13.8 Å². The maximum absolute atomic E-state index is 5.43. The maximum atomic E-state index is 5.43. The monoisotopic (exact) mass is 292 g/mol. The van der Waals surface area contributed by atoms with Gasteiger partial charge in [-0.2, -0.15) is 0 Å². The molecule has 0 spiro atoms. The van der Waals surface area contributed by atoms with E-state index in [9.17, 15) is 0 Å². The zero-order valence-corrected chi connectivity index (χ0v) is 15.3. The van der Waals surface area contributed by atoms with Gasteiger partial charge < -0.3 is 21.3 Å². The summed E-state index contributed by atoms with van der Waals surface area (Å²) in [5.41, 5.74) is -2.36. The van der Waals surface area contributed by atoms with Crippen LogP contribution >= 0.6 is 5.69 Å². The fourth-order valence-corrected chi connectivity index (χ4v) is 2.77. The number of unbranched alkanes of at least 4 members (excludes halogenated alkanes) is 4. The van der Waals surface area contributed by atoms with E-state index in [0.717, 1.165) is 12.8 Å². The predicted molar refractivity (Wildman–Crippen MR) is 72.6 cm³/mol. The second-order valence-electron chi connectivity index (χ2n) is 3.53. The fourth-order valence-electron chi connectivity index (χ4n) is 1.09. The van der Waals surface area contributed by atoms with E-state index >= 15 is 0 Å². The summed E-state index contributed by atoms with van der Waals surface area (Å²) in [5, 5.41) is 0. The van der Waals surface area contributed by atoms with Crippen LogP contribution in [0.1, 0.15) is 52.4 Å². The molecule has 0 aromatic rings. The van der Waals surface area contributed by atoms with Gasteiger partial charge in [-0.3, -0.25) is 0 Å². The Morgan fingerprint density at radius 1 is 0.938 bits per heavy atom. The molecule has 0 atom stereocenters. The van der Waals surface area contributed by atoms with Crippen molar-refractivity contribution in [2.24, 2.45) is 0 Å². The van der Waals surface area contributed by atoms with Gasteiger partial charge in [0.25, 0.3) is 0 Å². The number of hydrogen-bond acceptors (Lipinski definition) is 4. The Labute approximate surface area is 133 Å². The summed E-state index contributed by atoms with van der Waals surface area (Å²) in [6, 6.07) is 0. The van der Waals surface area contributed by atoms with Gasteiger partial charge in [-0.25, -0.2) is 0 Å². The average Bonchev–Trinajstić information content (AvgIpc) is 2.20. The molecule has 0 saturated heterocycles. The van der Waals surface area contributed by atoms with Gasteiger partial charge in [0.05, 0.1) is 18.9 Å². The Hall–Kier alpha value is 1.92. The fraction of sp³-hybridized carbons (Fsp3) is 1.00. The van der Waals surface area contributed by atoms with Crippen LogP contribution in [0.15, 0.2) is 0 Å². The standard InChI is InChI=1S/C10H23O2PS2.Na/c1-3-5-7-9-11-13(14,15)12-10-8-6-4-2;/h3-10H2,1-2H3,(H,14,15);/q;+1/p-1. The minimum Gasteiger partial charge on any atom is -0.691 e. The van der Waals surface area contributed by atoms with E-state index < -0.39 is 5.69 Å². The Morgan fingerprint density at radius 3 is 1.62 bits per heavy atom. The van der Waals surface area contributed by atoms with Crippen molar-refractivity contribution in [1.82, 2.24) is 0 Å². The van der Waals surface area contributed by atoms with Crippen molar-refractivity contribution in [3.05, 3.63) is 0 Å². The van der Waals surface area contributed by atoms with Crippen molar-refractivity contribution in [2.75, 3.05) is 13.2 Å². The minimum atomic E-state index is -2.36. The third kappa shape index (κ3) is 14.0. The van der Waals surface area contributed by atoms with Crippen molar-refractivity contribution in [3.8, 4) is 0 Å². The molecule has 2 nitrogen and oxygen atoms in total. The van der Waals surface area contributed by atoms with Crippen LogP contribution in [0.5, 0.6) is 0 Å². The van der Waals surface area contributed by atoms with Crippen molar-refractivity contribution < 1.29 is 38.6 Å². The summed E-state index contributed by atoms with van der Waals surface area (Å²) in [5.74, 6) is 0. The third-order valence-electron chi connectivity index (χ3n) is 1.99. The Kier molecular flexibility index (Phi) is 16.9. The molecular weight excluding hydrogens is 270 g/mol. The molecular formula is C10H22NaO2PS2. The molecule has 92 valence electrons. The topological polar surface area (TPSA) is 18.5 Å². The average molecular weight is 292 g/mol. The molecule has 6 heteroatoms. The maximum Gasteiger partial charge on any atom is 1.00 e. The Bertz CT molecular complexity index is 178. The van der Waals surface area contributed by atoms with Gasteiger partial charge in [-0.1, -0.05) is 51.3 Å². The molecule has 0 bridgehead atoms. The molecule has 0 aromatic carbocycles. The largest absolute Gasteiger partial charge is 1.00 e. The van der Waals surface area contributed by atoms with Crippen LogP contribution < -0.4 is 29.6 Å². The Morgan fingerprint density at radius 2 is 1.31 bits per heavy atom. The van der Waals surface area contributed by atoms with Crippen LogP contribution in [-0.2, 0) is 33.1 Å². The number of rotatable bonds is 10. The van der Waals surface area contributed by atoms with Gasteiger partial charge in [0.2, 0.25) is 0 Å². The summed E-state index contributed by atoms with van der Waals surface area (Å²) in [6.07, 6.45) is 6.76. The first kappa shape index (κ1) is 20.2. The SMILES string of the molecule is CCCCCOP(=S)([S-])OCCCCC.[Na+]. The van der Waals surface area contributed by atoms with Crippen LogP contribution in [0.4, 0.5) is 0 Å². The van der Waals surface area contributed by atoms with Gasteiger partial charge in [0.1, 0.15) is 0 Å². The zero-order valence-electron chi connectivity index (χ0n) is 10.7. The van der Waals surface area contributed by atoms with Crippen molar-refractivity contribution in [2.45, 2.75) is 52.4 Å². The molecule has 0 saturated carbocycles. The van der Waals surface area contributed by atoms with Crippen molar-refractivity contribution in [1.29, 1.82) is 0 Å². The predicted octanol–water partition coefficient (Wildman–Crippen LogP) is 1.18. The molecule has 0 aliphatic rings. The summed E-state index contributed by atoms with van der Waals surface area (Å²) in [7, 11) is 0. The van der Waals surface area contributed by atoms with Gasteiger partial charge in [0, 0.05) is 0 Å². The first-order chi connectivity index (χ1) is 7.12. The van der Waals surface area contributed by atoms with E-state index in [1.54, 1.807) is 0 Å². The molecule has 0 heterocycles. The van der Waals surface area contributed by atoms with Crippen LogP contribution in [0.3, 0.4) is 0 Å². The normalized spacial score (nSPS) is 11.2. The van der Waals surface area contributed by atoms with Crippen molar-refractivity contribution >= 4 is 29.7 Å². The smallest absolute Gasteiger partial charge is 0.691 e. The molecule has 0 rings (SSSR count). The molecule has 0 radical (unpaired) electrons. The first-order valence-corrected chi connectivity index (χ1v) is 9.37. The van der Waals surface area contributed by atoms with Crippen LogP contribution in [0.25, 0.3) is 0 Å². The molecule has 16 heavy (non-hydrogen) atoms. The van der Waals surface area contributed by atoms with Crippen LogP contribution in [0, 0.1) is 0 Å². The summed E-state index contributed by atoms with van der Waals surface area (Å²) in [6.45, 7) is 5.63. The van der Waals surface area contributed by atoms with Gasteiger partial charge >= 0.3 is 29.6 Å². The molecule has 0 amide bonds. The molecule has 0 N–H and O–H groups in total. The van der Waals surface area contributed by atoms with Crippen LogP contribution in [0.2, 0.25) is 0 Å².